The number of carboxylic acid groups (broad SMARTS) is 1. The number of methoxy groups -OCH3 is 2. The first-order chi connectivity index (χ1) is 30.6. The lowest BCUT2D eigenvalue weighted by Crippen LogP contribution is -2.39. The Morgan fingerprint density at radius 1 is 0.762 bits per heavy atom. The first-order valence-electron chi connectivity index (χ1n) is 21.0. The monoisotopic (exact) mass is 886 g/mol. The molecular weight excluding hydrogens is 841 g/mol. The standard InChI is InChI=1S/C25H29N7O2S.C19H17N5O3S/c1-31(2)16-6-7-32(12-16)25(33)14-4-5-17-20(9-14)35-24-21(17)22(27-13-28-24)29-18-8-15-10-26-11-19(15)30-23(18)34-3;1-27-17-12(4-10-6-20-7-13(10)24-17)23-16-15-11-3-2-9(19(25)26)5-14(11)28-18(15)22-8-21-16/h8,10,13-14,16H,4-7,9,11-12H2,1-3H3,(H,27,28,29);4,6,8-9H,2-3,5,7H2,1H3,(H,25,26)(H,21,22,23)/t14-,16+;9-/m00/s1. The summed E-state index contributed by atoms with van der Waals surface area (Å²) < 4.78 is 11.0. The lowest BCUT2D eigenvalue weighted by Gasteiger charge is -2.27. The predicted octanol–water partition coefficient (Wildman–Crippen LogP) is 6.00. The van der Waals surface area contributed by atoms with E-state index in [1.165, 1.54) is 16.8 Å². The Morgan fingerprint density at radius 2 is 1.29 bits per heavy atom. The fraction of sp³-hybridized carbons (Fsp3) is 0.409. The Bertz CT molecular complexity index is 2860. The molecule has 0 saturated carbocycles. The van der Waals surface area contributed by atoms with E-state index in [9.17, 15) is 14.7 Å². The number of likely N-dealkylation sites (N-methyl/N-ethyl adjacent to an activating group) is 1. The number of hydrogen-bond acceptors (Lipinski definition) is 17. The van der Waals surface area contributed by atoms with E-state index >= 15 is 0 Å². The maximum Gasteiger partial charge on any atom is 0.306 e. The van der Waals surface area contributed by atoms with Crippen LogP contribution < -0.4 is 20.1 Å². The number of aliphatic imine (C=N–C) groups is 2. The summed E-state index contributed by atoms with van der Waals surface area (Å²) in [6, 6.07) is 4.43. The molecule has 0 spiro atoms. The molecule has 0 aromatic carbocycles. The molecule has 5 aliphatic rings. The second-order valence-electron chi connectivity index (χ2n) is 16.6. The van der Waals surface area contributed by atoms with Crippen molar-refractivity contribution in [3.05, 3.63) is 68.2 Å². The predicted molar refractivity (Wildman–Crippen MR) is 243 cm³/mol. The molecule has 1 fully saturated rings. The van der Waals surface area contributed by atoms with Gasteiger partial charge < -0.3 is 35.0 Å². The number of aromatic nitrogens is 6. The van der Waals surface area contributed by atoms with Gasteiger partial charge in [-0.3, -0.25) is 19.6 Å². The van der Waals surface area contributed by atoms with Gasteiger partial charge in [-0.05, 0) is 82.3 Å². The molecule has 11 rings (SSSR count). The van der Waals surface area contributed by atoms with Crippen molar-refractivity contribution in [1.29, 1.82) is 0 Å². The smallest absolute Gasteiger partial charge is 0.306 e. The number of likely N-dealkylation sites (tertiary alicyclic amines) is 1. The minimum Gasteiger partial charge on any atom is -0.481 e. The average Bonchev–Trinajstić information content (AvgIpc) is 4.15. The molecule has 0 radical (unpaired) electrons. The highest BCUT2D eigenvalue weighted by molar-refractivity contribution is 7.19. The molecule has 17 nitrogen and oxygen atoms in total. The Balaban J connectivity index is 0.000000153. The van der Waals surface area contributed by atoms with Gasteiger partial charge in [0, 0.05) is 58.4 Å². The van der Waals surface area contributed by atoms with E-state index in [1.807, 2.05) is 18.3 Å². The number of fused-ring (bicyclic) bond motifs is 8. The van der Waals surface area contributed by atoms with Crippen LogP contribution in [0.15, 0.2) is 34.8 Å². The molecule has 2 aliphatic carbocycles. The molecule has 6 aromatic rings. The molecule has 0 bridgehead atoms. The Labute approximate surface area is 370 Å². The lowest BCUT2D eigenvalue weighted by atomic mass is 9.87. The number of ether oxygens (including phenoxy) is 2. The van der Waals surface area contributed by atoms with E-state index in [1.54, 1.807) is 49.4 Å². The zero-order chi connectivity index (χ0) is 43.4. The number of hydrogen-bond donors (Lipinski definition) is 3. The zero-order valence-electron chi connectivity index (χ0n) is 35.3. The number of amides is 1. The van der Waals surface area contributed by atoms with Crippen molar-refractivity contribution in [2.75, 3.05) is 52.0 Å². The molecule has 1 amide bonds. The topological polar surface area (TPSA) is 205 Å². The summed E-state index contributed by atoms with van der Waals surface area (Å²) in [6.07, 6.45) is 12.2. The highest BCUT2D eigenvalue weighted by Crippen LogP contribution is 2.43. The summed E-state index contributed by atoms with van der Waals surface area (Å²) in [5.74, 6) is 1.74. The molecule has 0 unspecified atom stereocenters. The molecule has 3 atom stereocenters. The van der Waals surface area contributed by atoms with Crippen LogP contribution in [0.25, 0.3) is 20.4 Å². The highest BCUT2D eigenvalue weighted by atomic mass is 32.1. The van der Waals surface area contributed by atoms with Crippen molar-refractivity contribution in [3.8, 4) is 11.8 Å². The van der Waals surface area contributed by atoms with Crippen LogP contribution in [-0.4, -0.2) is 117 Å². The van der Waals surface area contributed by atoms with E-state index in [4.69, 9.17) is 9.47 Å². The van der Waals surface area contributed by atoms with Crippen molar-refractivity contribution < 1.29 is 24.2 Å². The molecule has 63 heavy (non-hydrogen) atoms. The van der Waals surface area contributed by atoms with Crippen LogP contribution in [-0.2, 0) is 48.4 Å². The number of carboxylic acids is 1. The molecule has 19 heteroatoms. The largest absolute Gasteiger partial charge is 0.481 e. The third-order valence-corrected chi connectivity index (χ3v) is 15.0. The van der Waals surface area contributed by atoms with E-state index < -0.39 is 5.97 Å². The van der Waals surface area contributed by atoms with Gasteiger partial charge in [-0.25, -0.2) is 29.9 Å². The van der Waals surface area contributed by atoms with E-state index in [2.05, 4.69) is 74.4 Å². The maximum absolute atomic E-state index is 13.3. The number of pyridine rings is 2. The molecule has 3 N–H and O–H groups in total. The van der Waals surface area contributed by atoms with Gasteiger partial charge in [0.2, 0.25) is 17.7 Å². The van der Waals surface area contributed by atoms with Crippen LogP contribution in [0.4, 0.5) is 23.0 Å². The third kappa shape index (κ3) is 7.71. The van der Waals surface area contributed by atoms with E-state index in [0.29, 0.717) is 67.6 Å². The minimum absolute atomic E-state index is 0.0427. The summed E-state index contributed by atoms with van der Waals surface area (Å²) in [6.45, 7) is 2.84. The third-order valence-electron chi connectivity index (χ3n) is 12.6. The van der Waals surface area contributed by atoms with Gasteiger partial charge in [0.15, 0.2) is 0 Å². The van der Waals surface area contributed by atoms with Crippen molar-refractivity contribution >= 4 is 90.4 Å². The quantitative estimate of drug-likeness (QED) is 0.152. The molecule has 324 valence electrons. The second kappa shape index (κ2) is 16.8. The fourth-order valence-corrected chi connectivity index (χ4v) is 11.8. The van der Waals surface area contributed by atoms with Crippen molar-refractivity contribution in [1.82, 2.24) is 39.7 Å². The summed E-state index contributed by atoms with van der Waals surface area (Å²) in [4.78, 5) is 68.9. The van der Waals surface area contributed by atoms with Crippen LogP contribution in [0, 0.1) is 11.8 Å². The van der Waals surface area contributed by atoms with E-state index in [0.717, 1.165) is 104 Å². The number of aryl methyl sites for hydroxylation is 2. The number of aliphatic carboxylic acids is 1. The van der Waals surface area contributed by atoms with Gasteiger partial charge in [0.1, 0.15) is 45.3 Å². The number of nitrogens with one attached hydrogen (secondary N) is 2. The number of anilines is 4. The molecule has 1 saturated heterocycles. The van der Waals surface area contributed by atoms with Gasteiger partial charge >= 0.3 is 5.97 Å². The highest BCUT2D eigenvalue weighted by Gasteiger charge is 2.35. The van der Waals surface area contributed by atoms with Gasteiger partial charge in [-0.15, -0.1) is 22.7 Å². The summed E-state index contributed by atoms with van der Waals surface area (Å²) in [5.41, 5.74) is 7.65. The summed E-state index contributed by atoms with van der Waals surface area (Å²) in [5, 5.41) is 18.2. The van der Waals surface area contributed by atoms with Crippen LogP contribution >= 0.6 is 22.7 Å². The first kappa shape index (κ1) is 40.9. The number of nitrogens with zero attached hydrogens (tertiary/aromatic N) is 10. The molecular formula is C44H46N12O5S2. The number of thiophene rings is 2. The average molecular weight is 887 g/mol. The Kier molecular flexibility index (Phi) is 10.9. The minimum atomic E-state index is -0.733. The zero-order valence-corrected chi connectivity index (χ0v) is 37.0. The van der Waals surface area contributed by atoms with Crippen molar-refractivity contribution in [2.24, 2.45) is 21.8 Å². The lowest BCUT2D eigenvalue weighted by molar-refractivity contribution is -0.142. The molecule has 9 heterocycles. The van der Waals surface area contributed by atoms with E-state index in [-0.39, 0.29) is 11.8 Å². The van der Waals surface area contributed by atoms with Gasteiger partial charge in [-0.2, -0.15) is 0 Å². The number of carbonyl (C=O) groups is 2. The van der Waals surface area contributed by atoms with Crippen molar-refractivity contribution in [3.63, 3.8) is 0 Å². The SMILES string of the molecule is COc1nc2c(cc1Nc1ncnc3sc4c(c13)CC[C@H](C(=O)N1CC[C@@H](N(C)C)C1)C4)C=NC2.COc1nc2c(cc1Nc1ncnc3sc4c(c13)CC[C@H](C(=O)O)C4)C=NC2. The summed E-state index contributed by atoms with van der Waals surface area (Å²) in [7, 11) is 7.40. The van der Waals surface area contributed by atoms with Crippen LogP contribution in [0.5, 0.6) is 11.8 Å². The van der Waals surface area contributed by atoms with Gasteiger partial charge in [0.05, 0.1) is 55.4 Å². The summed E-state index contributed by atoms with van der Waals surface area (Å²) >= 11 is 3.24. The molecule has 6 aromatic heterocycles. The maximum atomic E-state index is 13.3. The Morgan fingerprint density at radius 3 is 1.78 bits per heavy atom. The molecule has 3 aliphatic heterocycles. The normalized spacial score (nSPS) is 19.4. The van der Waals surface area contributed by atoms with Crippen LogP contribution in [0.1, 0.15) is 62.7 Å². The number of rotatable bonds is 9. The number of carbonyl (C=O) groups excluding carboxylic acids is 1. The van der Waals surface area contributed by atoms with Crippen LogP contribution in [0.3, 0.4) is 0 Å². The van der Waals surface area contributed by atoms with Gasteiger partial charge in [0.25, 0.3) is 0 Å². The van der Waals surface area contributed by atoms with Crippen LogP contribution in [0.2, 0.25) is 0 Å². The fourth-order valence-electron chi connectivity index (χ4n) is 9.23. The van der Waals surface area contributed by atoms with Crippen molar-refractivity contribution in [2.45, 2.75) is 64.1 Å². The second-order valence-corrected chi connectivity index (χ2v) is 18.7. The first-order valence-corrected chi connectivity index (χ1v) is 22.7. The van der Waals surface area contributed by atoms with Gasteiger partial charge in [-0.1, -0.05) is 0 Å². The Hall–Kier alpha value is -6.18.